The Balaban J connectivity index is 0.000000271. The normalized spacial score (nSPS) is 9.59. The van der Waals surface area contributed by atoms with Crippen LogP contribution in [0.1, 0.15) is 31.8 Å². The van der Waals surface area contributed by atoms with Gasteiger partial charge in [-0.15, -0.1) is 0 Å². The Hall–Kier alpha value is -3.82. The molecule has 2 aromatic rings. The van der Waals surface area contributed by atoms with Gasteiger partial charge in [0, 0.05) is 11.1 Å². The summed E-state index contributed by atoms with van der Waals surface area (Å²) in [5.41, 5.74) is -0.0281. The molecular weight excluding hydrogens is 360 g/mol. The van der Waals surface area contributed by atoms with Crippen molar-refractivity contribution in [3.05, 3.63) is 78.9 Å². The Bertz CT molecular complexity index is 908. The summed E-state index contributed by atoms with van der Waals surface area (Å²) in [6.07, 6.45) is 0. The Labute approximate surface area is 153 Å². The molecule has 0 aliphatic heterocycles. The number of hydrogen-bond donors (Lipinski definition) is 1. The van der Waals surface area contributed by atoms with Crippen molar-refractivity contribution in [1.29, 1.82) is 0 Å². The molecule has 0 spiro atoms. The van der Waals surface area contributed by atoms with Crippen LogP contribution < -0.4 is 0 Å². The lowest BCUT2D eigenvalue weighted by Crippen LogP contribution is -2.06. The van der Waals surface area contributed by atoms with Crippen LogP contribution in [0.25, 0.3) is 0 Å². The molecule has 0 saturated carbocycles. The summed E-state index contributed by atoms with van der Waals surface area (Å²) in [6, 6.07) is 8.72. The van der Waals surface area contributed by atoms with Crippen molar-refractivity contribution >= 4 is 23.3 Å². The number of esters is 1. The van der Waals surface area contributed by atoms with E-state index in [0.29, 0.717) is 11.1 Å². The number of benzene rings is 2. The molecule has 27 heavy (non-hydrogen) atoms. The minimum atomic E-state index is -1.28. The number of carboxylic acid groups (broad SMARTS) is 1. The van der Waals surface area contributed by atoms with E-state index in [0.717, 1.165) is 0 Å². The Morgan fingerprint density at radius 3 is 1.63 bits per heavy atom. The van der Waals surface area contributed by atoms with Gasteiger partial charge in [0.2, 0.25) is 0 Å². The lowest BCUT2D eigenvalue weighted by Gasteiger charge is -2.02. The highest BCUT2D eigenvalue weighted by molar-refractivity contribution is 5.94. The zero-order valence-electron chi connectivity index (χ0n) is 14.7. The number of hydrogen-bond acceptors (Lipinski definition) is 7. The van der Waals surface area contributed by atoms with Gasteiger partial charge in [0.15, 0.2) is 0 Å². The second-order valence-electron chi connectivity index (χ2n) is 5.25. The largest absolute Gasteiger partial charge is 0.477 e. The number of carbonyl (C=O) groups is 2. The molecule has 142 valence electrons. The number of aromatic carboxylic acids is 1. The van der Waals surface area contributed by atoms with Crippen molar-refractivity contribution in [3.63, 3.8) is 0 Å². The van der Waals surface area contributed by atoms with E-state index < -0.39 is 21.8 Å². The Morgan fingerprint density at radius 2 is 1.30 bits per heavy atom. The van der Waals surface area contributed by atoms with Crippen LogP contribution >= 0.6 is 0 Å². The van der Waals surface area contributed by atoms with Crippen LogP contribution in [0.5, 0.6) is 0 Å². The summed E-state index contributed by atoms with van der Waals surface area (Å²) >= 11 is 0. The highest BCUT2D eigenvalue weighted by Gasteiger charge is 2.22. The third kappa shape index (κ3) is 5.08. The first-order valence-corrected chi connectivity index (χ1v) is 7.41. The fraction of sp³-hybridized carbons (Fsp3) is 0.176. The van der Waals surface area contributed by atoms with Crippen LogP contribution in [0.4, 0.5) is 11.4 Å². The number of methoxy groups -OCH3 is 1. The fourth-order valence-electron chi connectivity index (χ4n) is 2.25. The minimum absolute atomic E-state index is 0.0162. The molecule has 2 rings (SSSR count). The van der Waals surface area contributed by atoms with Crippen LogP contribution in [0.2, 0.25) is 0 Å². The number of nitro groups is 2. The van der Waals surface area contributed by atoms with Crippen LogP contribution in [0.15, 0.2) is 36.4 Å². The van der Waals surface area contributed by atoms with Gasteiger partial charge >= 0.3 is 11.9 Å². The topological polar surface area (TPSA) is 150 Å². The van der Waals surface area contributed by atoms with Crippen LogP contribution in [-0.4, -0.2) is 34.0 Å². The highest BCUT2D eigenvalue weighted by atomic mass is 16.6. The first-order chi connectivity index (χ1) is 12.6. The predicted molar refractivity (Wildman–Crippen MR) is 94.0 cm³/mol. The molecule has 1 N–H and O–H groups in total. The Morgan fingerprint density at radius 1 is 0.889 bits per heavy atom. The molecule has 0 amide bonds. The number of carbonyl (C=O) groups excluding carboxylic acids is 1. The van der Waals surface area contributed by atoms with E-state index in [4.69, 9.17) is 5.11 Å². The number of rotatable bonds is 4. The summed E-state index contributed by atoms with van der Waals surface area (Å²) < 4.78 is 4.44. The van der Waals surface area contributed by atoms with Gasteiger partial charge in [-0.2, -0.15) is 0 Å². The van der Waals surface area contributed by atoms with E-state index in [2.05, 4.69) is 4.74 Å². The van der Waals surface area contributed by atoms with Gasteiger partial charge in [0.1, 0.15) is 11.1 Å². The molecule has 10 nitrogen and oxygen atoms in total. The van der Waals surface area contributed by atoms with Gasteiger partial charge < -0.3 is 9.84 Å². The number of ether oxygens (including phenoxy) is 1. The molecule has 0 heterocycles. The van der Waals surface area contributed by atoms with Crippen LogP contribution in [0.3, 0.4) is 0 Å². The minimum Gasteiger partial charge on any atom is -0.477 e. The number of aryl methyl sites for hydroxylation is 2. The molecule has 10 heteroatoms. The average molecular weight is 376 g/mol. The standard InChI is InChI=1S/C9H9NO4.C8H7NO4/c1-6-4-3-5-7(9(11)14-2)8(6)10(12)13;1-5-3-2-4-6(8(10)11)7(5)9(12)13/h3-5H,1-2H3;2-4H,1H3,(H,10,11). The average Bonchev–Trinajstić information content (AvgIpc) is 2.60. The van der Waals surface area contributed by atoms with Gasteiger partial charge in [-0.3, -0.25) is 20.2 Å². The predicted octanol–water partition coefficient (Wildman–Crippen LogP) is 3.29. The monoisotopic (exact) mass is 376 g/mol. The highest BCUT2D eigenvalue weighted by Crippen LogP contribution is 2.23. The lowest BCUT2D eigenvalue weighted by atomic mass is 10.1. The van der Waals surface area contributed by atoms with Gasteiger partial charge in [-0.05, 0) is 26.0 Å². The molecular formula is C17H16N2O8. The quantitative estimate of drug-likeness (QED) is 0.485. The molecule has 0 fully saturated rings. The van der Waals surface area contributed by atoms with Gasteiger partial charge in [-0.1, -0.05) is 24.3 Å². The van der Waals surface area contributed by atoms with E-state index in [1.165, 1.54) is 38.3 Å². The smallest absolute Gasteiger partial charge is 0.344 e. The molecule has 0 atom stereocenters. The molecule has 0 radical (unpaired) electrons. The van der Waals surface area contributed by atoms with E-state index in [1.807, 2.05) is 0 Å². The van der Waals surface area contributed by atoms with Gasteiger partial charge in [0.25, 0.3) is 11.4 Å². The van der Waals surface area contributed by atoms with Crippen molar-refractivity contribution in [2.75, 3.05) is 7.11 Å². The number of nitro benzene ring substituents is 2. The van der Waals surface area contributed by atoms with E-state index in [9.17, 15) is 29.8 Å². The maximum atomic E-state index is 11.2. The van der Waals surface area contributed by atoms with E-state index in [1.54, 1.807) is 19.1 Å². The first-order valence-electron chi connectivity index (χ1n) is 7.41. The zero-order valence-corrected chi connectivity index (χ0v) is 14.7. The summed E-state index contributed by atoms with van der Waals surface area (Å²) in [7, 11) is 1.19. The van der Waals surface area contributed by atoms with Crippen molar-refractivity contribution in [1.82, 2.24) is 0 Å². The molecule has 0 saturated heterocycles. The molecule has 0 bridgehead atoms. The van der Waals surface area contributed by atoms with Gasteiger partial charge in [-0.25, -0.2) is 9.59 Å². The summed E-state index contributed by atoms with van der Waals surface area (Å²) in [5.74, 6) is -1.98. The van der Waals surface area contributed by atoms with Crippen LogP contribution in [-0.2, 0) is 4.74 Å². The lowest BCUT2D eigenvalue weighted by molar-refractivity contribution is -0.385. The Kier molecular flexibility index (Phi) is 7.10. The van der Waals surface area contributed by atoms with Crippen molar-refractivity contribution in [2.45, 2.75) is 13.8 Å². The third-order valence-electron chi connectivity index (χ3n) is 3.48. The molecule has 0 aliphatic rings. The zero-order chi connectivity index (χ0) is 20.7. The molecule has 0 unspecified atom stereocenters. The number of nitrogens with zero attached hydrogens (tertiary/aromatic N) is 2. The van der Waals surface area contributed by atoms with Crippen LogP contribution in [0, 0.1) is 34.1 Å². The number of carboxylic acids is 1. The molecule has 0 aromatic heterocycles. The maximum absolute atomic E-state index is 11.2. The van der Waals surface area contributed by atoms with E-state index >= 15 is 0 Å². The second-order valence-corrected chi connectivity index (χ2v) is 5.25. The van der Waals surface area contributed by atoms with Crippen molar-refractivity contribution in [2.24, 2.45) is 0 Å². The second kappa shape index (κ2) is 9.04. The van der Waals surface area contributed by atoms with Crippen molar-refractivity contribution in [3.8, 4) is 0 Å². The SMILES string of the molecule is COC(=O)c1cccc(C)c1[N+](=O)[O-].Cc1cccc(C(=O)O)c1[N+](=O)[O-]. The third-order valence-corrected chi connectivity index (χ3v) is 3.48. The summed E-state index contributed by atoms with van der Waals surface area (Å²) in [6.45, 7) is 3.08. The fourth-order valence-corrected chi connectivity index (χ4v) is 2.25. The molecule has 0 aliphatic carbocycles. The van der Waals surface area contributed by atoms with Gasteiger partial charge in [0.05, 0.1) is 17.0 Å². The number of para-hydroxylation sites is 2. The van der Waals surface area contributed by atoms with E-state index in [-0.39, 0.29) is 22.5 Å². The van der Waals surface area contributed by atoms with Crippen molar-refractivity contribution < 1.29 is 29.3 Å². The molecule has 2 aromatic carbocycles. The maximum Gasteiger partial charge on any atom is 0.344 e. The summed E-state index contributed by atoms with van der Waals surface area (Å²) in [4.78, 5) is 41.6. The summed E-state index contributed by atoms with van der Waals surface area (Å²) in [5, 5.41) is 29.8. The first kappa shape index (κ1) is 21.2.